The third-order valence-corrected chi connectivity index (χ3v) is 2.88. The number of carbonyl (C=O) groups excluding carboxylic acids is 2. The van der Waals surface area contributed by atoms with Gasteiger partial charge in [0.25, 0.3) is 0 Å². The monoisotopic (exact) mass is 298 g/mol. The van der Waals surface area contributed by atoms with E-state index in [1.165, 1.54) is 0 Å². The van der Waals surface area contributed by atoms with Gasteiger partial charge in [-0.15, -0.1) is 0 Å². The van der Waals surface area contributed by atoms with Crippen LogP contribution in [0.3, 0.4) is 0 Å². The zero-order chi connectivity index (χ0) is 15.8. The third-order valence-electron chi connectivity index (χ3n) is 2.88. The van der Waals surface area contributed by atoms with Crippen molar-refractivity contribution in [2.24, 2.45) is 0 Å². The van der Waals surface area contributed by atoms with E-state index >= 15 is 0 Å². The second-order valence-corrected chi connectivity index (χ2v) is 4.57. The molecule has 2 aromatic carbocycles. The number of benzene rings is 2. The van der Waals surface area contributed by atoms with Crippen LogP contribution in [0.15, 0.2) is 54.6 Å². The molecule has 114 valence electrons. The molecule has 0 radical (unpaired) electrons. The Morgan fingerprint density at radius 3 is 2.45 bits per heavy atom. The molecule has 1 amide bonds. The minimum absolute atomic E-state index is 0.146. The smallest absolute Gasteiger partial charge is 0.338 e. The summed E-state index contributed by atoms with van der Waals surface area (Å²) >= 11 is 0. The highest BCUT2D eigenvalue weighted by Gasteiger charge is 2.08. The first-order valence-corrected chi connectivity index (χ1v) is 7.05. The Labute approximate surface area is 129 Å². The molecule has 0 unspecified atom stereocenters. The SMILES string of the molecule is CCOC(=O)c1cccc(NC(=O)CNc2ccccc2)c1. The Morgan fingerprint density at radius 1 is 1.00 bits per heavy atom. The largest absolute Gasteiger partial charge is 0.462 e. The van der Waals surface area contributed by atoms with Crippen molar-refractivity contribution in [2.75, 3.05) is 23.8 Å². The van der Waals surface area contributed by atoms with Crippen molar-refractivity contribution < 1.29 is 14.3 Å². The maximum Gasteiger partial charge on any atom is 0.338 e. The number of ether oxygens (including phenoxy) is 1. The average molecular weight is 298 g/mol. The Bertz CT molecular complexity index is 641. The predicted octanol–water partition coefficient (Wildman–Crippen LogP) is 2.91. The number of hydrogen-bond donors (Lipinski definition) is 2. The fourth-order valence-corrected chi connectivity index (χ4v) is 1.88. The van der Waals surface area contributed by atoms with Gasteiger partial charge in [0, 0.05) is 11.4 Å². The van der Waals surface area contributed by atoms with Gasteiger partial charge in [0.2, 0.25) is 5.91 Å². The molecule has 5 nitrogen and oxygen atoms in total. The van der Waals surface area contributed by atoms with Crippen LogP contribution in [0.4, 0.5) is 11.4 Å². The number of anilines is 2. The van der Waals surface area contributed by atoms with Crippen molar-refractivity contribution >= 4 is 23.3 Å². The lowest BCUT2D eigenvalue weighted by Gasteiger charge is -2.09. The molecule has 2 N–H and O–H groups in total. The van der Waals surface area contributed by atoms with E-state index in [4.69, 9.17) is 4.74 Å². The summed E-state index contributed by atoms with van der Waals surface area (Å²) in [5, 5.41) is 5.76. The molecule has 0 heterocycles. The molecule has 2 aromatic rings. The van der Waals surface area contributed by atoms with E-state index in [-0.39, 0.29) is 12.5 Å². The van der Waals surface area contributed by atoms with Crippen LogP contribution >= 0.6 is 0 Å². The van der Waals surface area contributed by atoms with Gasteiger partial charge in [-0.1, -0.05) is 24.3 Å². The van der Waals surface area contributed by atoms with Crippen molar-refractivity contribution in [3.05, 3.63) is 60.2 Å². The van der Waals surface area contributed by atoms with Gasteiger partial charge in [0.05, 0.1) is 18.7 Å². The lowest BCUT2D eigenvalue weighted by atomic mass is 10.2. The van der Waals surface area contributed by atoms with Crippen molar-refractivity contribution in [3.63, 3.8) is 0 Å². The number of carbonyl (C=O) groups is 2. The van der Waals surface area contributed by atoms with Gasteiger partial charge in [-0.3, -0.25) is 4.79 Å². The first kappa shape index (κ1) is 15.6. The predicted molar refractivity (Wildman–Crippen MR) is 86.0 cm³/mol. The molecule has 0 fully saturated rings. The number of para-hydroxylation sites is 1. The summed E-state index contributed by atoms with van der Waals surface area (Å²) in [5.74, 6) is -0.592. The van der Waals surface area contributed by atoms with Crippen molar-refractivity contribution in [2.45, 2.75) is 6.92 Å². The highest BCUT2D eigenvalue weighted by Crippen LogP contribution is 2.12. The Kier molecular flexibility index (Phi) is 5.54. The van der Waals surface area contributed by atoms with Crippen LogP contribution in [0, 0.1) is 0 Å². The number of rotatable bonds is 6. The molecule has 0 spiro atoms. The summed E-state index contributed by atoms with van der Waals surface area (Å²) in [6.45, 7) is 2.21. The van der Waals surface area contributed by atoms with E-state index in [2.05, 4.69) is 10.6 Å². The van der Waals surface area contributed by atoms with Crippen LogP contribution in [-0.4, -0.2) is 25.0 Å². The van der Waals surface area contributed by atoms with E-state index in [1.54, 1.807) is 31.2 Å². The van der Waals surface area contributed by atoms with Crippen molar-refractivity contribution in [1.29, 1.82) is 0 Å². The van der Waals surface area contributed by atoms with Gasteiger partial charge < -0.3 is 15.4 Å². The van der Waals surface area contributed by atoms with Gasteiger partial charge in [-0.25, -0.2) is 4.79 Å². The second kappa shape index (κ2) is 7.83. The highest BCUT2D eigenvalue weighted by molar-refractivity contribution is 5.96. The highest BCUT2D eigenvalue weighted by atomic mass is 16.5. The van der Waals surface area contributed by atoms with Crippen molar-refractivity contribution in [3.8, 4) is 0 Å². The van der Waals surface area contributed by atoms with E-state index < -0.39 is 5.97 Å². The van der Waals surface area contributed by atoms with Gasteiger partial charge in [-0.2, -0.15) is 0 Å². The topological polar surface area (TPSA) is 67.4 Å². The molecule has 0 saturated heterocycles. The van der Waals surface area contributed by atoms with Crippen LogP contribution in [0.2, 0.25) is 0 Å². The fraction of sp³-hybridized carbons (Fsp3) is 0.176. The molecular formula is C17H18N2O3. The van der Waals surface area contributed by atoms with Crippen molar-refractivity contribution in [1.82, 2.24) is 0 Å². The van der Waals surface area contributed by atoms with Crippen LogP contribution in [0.25, 0.3) is 0 Å². The maximum atomic E-state index is 11.9. The summed E-state index contributed by atoms with van der Waals surface area (Å²) in [4.78, 5) is 23.5. The van der Waals surface area contributed by atoms with E-state index in [0.717, 1.165) is 5.69 Å². The molecule has 22 heavy (non-hydrogen) atoms. The molecule has 0 atom stereocenters. The second-order valence-electron chi connectivity index (χ2n) is 4.57. The fourth-order valence-electron chi connectivity index (χ4n) is 1.88. The zero-order valence-electron chi connectivity index (χ0n) is 12.3. The summed E-state index contributed by atoms with van der Waals surface area (Å²) in [7, 11) is 0. The normalized spacial score (nSPS) is 9.86. The standard InChI is InChI=1S/C17H18N2O3/c1-2-22-17(21)13-7-6-10-15(11-13)19-16(20)12-18-14-8-4-3-5-9-14/h3-11,18H,2,12H2,1H3,(H,19,20). The number of esters is 1. The third kappa shape index (κ3) is 4.63. The molecular weight excluding hydrogens is 280 g/mol. The summed E-state index contributed by atoms with van der Waals surface area (Å²) < 4.78 is 4.93. The van der Waals surface area contributed by atoms with Gasteiger partial charge in [0.15, 0.2) is 0 Å². The molecule has 5 heteroatoms. The first-order valence-electron chi connectivity index (χ1n) is 7.05. The Morgan fingerprint density at radius 2 is 1.73 bits per heavy atom. The van der Waals surface area contributed by atoms with Crippen LogP contribution in [-0.2, 0) is 9.53 Å². The maximum absolute atomic E-state index is 11.9. The first-order chi connectivity index (χ1) is 10.7. The lowest BCUT2D eigenvalue weighted by molar-refractivity contribution is -0.114. The molecule has 0 bridgehead atoms. The number of nitrogens with one attached hydrogen (secondary N) is 2. The lowest BCUT2D eigenvalue weighted by Crippen LogP contribution is -2.21. The molecule has 0 aromatic heterocycles. The quantitative estimate of drug-likeness (QED) is 0.805. The van der Waals surface area contributed by atoms with Gasteiger partial charge in [-0.05, 0) is 37.3 Å². The van der Waals surface area contributed by atoms with Gasteiger partial charge >= 0.3 is 5.97 Å². The zero-order valence-corrected chi connectivity index (χ0v) is 12.3. The van der Waals surface area contributed by atoms with Crippen LogP contribution in [0.5, 0.6) is 0 Å². The minimum Gasteiger partial charge on any atom is -0.462 e. The van der Waals surface area contributed by atoms with Crippen LogP contribution < -0.4 is 10.6 Å². The number of hydrogen-bond acceptors (Lipinski definition) is 4. The van der Waals surface area contributed by atoms with Crippen LogP contribution in [0.1, 0.15) is 17.3 Å². The van der Waals surface area contributed by atoms with E-state index in [9.17, 15) is 9.59 Å². The Balaban J connectivity index is 1.91. The molecule has 2 rings (SSSR count). The number of amides is 1. The molecule has 0 aliphatic carbocycles. The molecule has 0 aliphatic heterocycles. The molecule has 0 saturated carbocycles. The minimum atomic E-state index is -0.402. The molecule has 0 aliphatic rings. The summed E-state index contributed by atoms with van der Waals surface area (Å²) in [6, 6.07) is 16.1. The van der Waals surface area contributed by atoms with E-state index in [0.29, 0.717) is 17.9 Å². The summed E-state index contributed by atoms with van der Waals surface area (Å²) in [5.41, 5.74) is 1.85. The van der Waals surface area contributed by atoms with Gasteiger partial charge in [0.1, 0.15) is 0 Å². The Hall–Kier alpha value is -2.82. The average Bonchev–Trinajstić information content (AvgIpc) is 2.54. The van der Waals surface area contributed by atoms with E-state index in [1.807, 2.05) is 30.3 Å². The summed E-state index contributed by atoms with van der Waals surface area (Å²) in [6.07, 6.45) is 0.